The van der Waals surface area contributed by atoms with E-state index in [1.54, 1.807) is 0 Å². The van der Waals surface area contributed by atoms with E-state index in [4.69, 9.17) is 0 Å². The van der Waals surface area contributed by atoms with E-state index in [1.807, 2.05) is 10.6 Å². The van der Waals surface area contributed by atoms with Gasteiger partial charge in [0.1, 0.15) is 0 Å². The monoisotopic (exact) mass is 262 g/mol. The van der Waals surface area contributed by atoms with Crippen LogP contribution < -0.4 is 10.9 Å². The third kappa shape index (κ3) is 3.47. The van der Waals surface area contributed by atoms with Crippen LogP contribution in [-0.2, 0) is 6.54 Å². The summed E-state index contributed by atoms with van der Waals surface area (Å²) < 4.78 is 2.04. The Balaban J connectivity index is 2.22. The van der Waals surface area contributed by atoms with Crippen LogP contribution in [0, 0.1) is 5.92 Å². The van der Waals surface area contributed by atoms with Crippen molar-refractivity contribution >= 4 is 0 Å². The molecule has 1 aromatic heterocycles. The van der Waals surface area contributed by atoms with Crippen LogP contribution in [0.2, 0.25) is 0 Å². The van der Waals surface area contributed by atoms with E-state index in [2.05, 4.69) is 39.1 Å². The highest BCUT2D eigenvalue weighted by molar-refractivity contribution is 5.20. The minimum Gasteiger partial charge on any atom is -0.312 e. The highest BCUT2D eigenvalue weighted by atomic mass is 16.1. The average molecular weight is 262 g/mol. The maximum Gasteiger partial charge on any atom is 0.255 e. The second-order valence-corrected chi connectivity index (χ2v) is 6.37. The summed E-state index contributed by atoms with van der Waals surface area (Å²) in [5.41, 5.74) is 2.29. The van der Waals surface area contributed by atoms with Crippen LogP contribution in [-0.4, -0.2) is 11.1 Å². The van der Waals surface area contributed by atoms with Crippen LogP contribution in [0.5, 0.6) is 0 Å². The van der Waals surface area contributed by atoms with Gasteiger partial charge < -0.3 is 9.88 Å². The Morgan fingerprint density at radius 3 is 2.47 bits per heavy atom. The van der Waals surface area contributed by atoms with Gasteiger partial charge in [0.2, 0.25) is 0 Å². The molecule has 0 atom stereocenters. The predicted molar refractivity (Wildman–Crippen MR) is 79.6 cm³/mol. The number of nitrogens with one attached hydrogen (secondary N) is 1. The highest BCUT2D eigenvalue weighted by Gasteiger charge is 2.28. The van der Waals surface area contributed by atoms with Crippen molar-refractivity contribution in [3.63, 3.8) is 0 Å². The maximum absolute atomic E-state index is 12.6. The summed E-state index contributed by atoms with van der Waals surface area (Å²) in [6.07, 6.45) is 2.31. The molecule has 1 N–H and O–H groups in total. The molecule has 3 heteroatoms. The SMILES string of the molecule is CC(C)CNCc1ccc(C(C)C)n(C2CC2)c1=O. The fourth-order valence-electron chi connectivity index (χ4n) is 2.42. The topological polar surface area (TPSA) is 34.0 Å². The Morgan fingerprint density at radius 2 is 1.95 bits per heavy atom. The smallest absolute Gasteiger partial charge is 0.255 e. The van der Waals surface area contributed by atoms with Gasteiger partial charge in [0.15, 0.2) is 0 Å². The summed E-state index contributed by atoms with van der Waals surface area (Å²) in [7, 11) is 0. The van der Waals surface area contributed by atoms with Gasteiger partial charge in [0.05, 0.1) is 0 Å². The van der Waals surface area contributed by atoms with Gasteiger partial charge in [-0.05, 0) is 37.3 Å². The first-order valence-corrected chi connectivity index (χ1v) is 7.45. The summed E-state index contributed by atoms with van der Waals surface area (Å²) in [5.74, 6) is 1.02. The zero-order valence-electron chi connectivity index (χ0n) is 12.6. The molecule has 1 aromatic rings. The Hall–Kier alpha value is -1.09. The molecule has 1 saturated carbocycles. The van der Waals surface area contributed by atoms with Crippen molar-refractivity contribution in [2.24, 2.45) is 5.92 Å². The van der Waals surface area contributed by atoms with Crippen LogP contribution >= 0.6 is 0 Å². The molecule has 0 aliphatic heterocycles. The van der Waals surface area contributed by atoms with Gasteiger partial charge in [0.25, 0.3) is 5.56 Å². The molecule has 0 saturated heterocycles. The third-order valence-corrected chi connectivity index (χ3v) is 3.60. The summed E-state index contributed by atoms with van der Waals surface area (Å²) >= 11 is 0. The molecule has 0 radical (unpaired) electrons. The number of hydrogen-bond donors (Lipinski definition) is 1. The zero-order chi connectivity index (χ0) is 14.0. The minimum absolute atomic E-state index is 0.213. The fraction of sp³-hybridized carbons (Fsp3) is 0.688. The quantitative estimate of drug-likeness (QED) is 0.855. The molecule has 1 fully saturated rings. The van der Waals surface area contributed by atoms with Crippen LogP contribution in [0.25, 0.3) is 0 Å². The normalized spacial score (nSPS) is 15.5. The Labute approximate surface area is 116 Å². The molecule has 2 rings (SSSR count). The van der Waals surface area contributed by atoms with Crippen LogP contribution in [0.15, 0.2) is 16.9 Å². The lowest BCUT2D eigenvalue weighted by Crippen LogP contribution is -2.30. The number of pyridine rings is 1. The van der Waals surface area contributed by atoms with E-state index in [1.165, 1.54) is 5.69 Å². The van der Waals surface area contributed by atoms with Crippen molar-refractivity contribution in [2.75, 3.05) is 6.54 Å². The van der Waals surface area contributed by atoms with Gasteiger partial charge in [-0.3, -0.25) is 4.79 Å². The van der Waals surface area contributed by atoms with Gasteiger partial charge in [-0.1, -0.05) is 33.8 Å². The first kappa shape index (κ1) is 14.3. The molecule has 19 heavy (non-hydrogen) atoms. The molecule has 1 aliphatic carbocycles. The molecule has 1 aliphatic rings. The Morgan fingerprint density at radius 1 is 1.26 bits per heavy atom. The number of nitrogens with zero attached hydrogens (tertiary/aromatic N) is 1. The molecule has 3 nitrogen and oxygen atoms in total. The van der Waals surface area contributed by atoms with E-state index in [-0.39, 0.29) is 5.56 Å². The number of rotatable bonds is 6. The standard InChI is InChI=1S/C16H26N2O/c1-11(2)9-17-10-13-5-8-15(12(3)4)18(16(13)19)14-6-7-14/h5,8,11-12,14,17H,6-7,9-10H2,1-4H3. The van der Waals surface area contributed by atoms with E-state index >= 15 is 0 Å². The Kier molecular flexibility index (Phi) is 4.46. The largest absolute Gasteiger partial charge is 0.312 e. The first-order valence-electron chi connectivity index (χ1n) is 7.45. The Bertz CT molecular complexity index is 484. The van der Waals surface area contributed by atoms with Crippen LogP contribution in [0.4, 0.5) is 0 Å². The third-order valence-electron chi connectivity index (χ3n) is 3.60. The number of aromatic nitrogens is 1. The molecular formula is C16H26N2O. The second-order valence-electron chi connectivity index (χ2n) is 6.37. The lowest BCUT2D eigenvalue weighted by Gasteiger charge is -2.17. The highest BCUT2D eigenvalue weighted by Crippen LogP contribution is 2.36. The molecule has 0 spiro atoms. The summed E-state index contributed by atoms with van der Waals surface area (Å²) in [5, 5.41) is 3.36. The van der Waals surface area contributed by atoms with E-state index in [9.17, 15) is 4.79 Å². The van der Waals surface area contributed by atoms with Crippen molar-refractivity contribution in [3.05, 3.63) is 33.7 Å². The average Bonchev–Trinajstić information content (AvgIpc) is 3.14. The van der Waals surface area contributed by atoms with E-state index in [0.717, 1.165) is 24.9 Å². The molecular weight excluding hydrogens is 236 g/mol. The summed E-state index contributed by atoms with van der Waals surface area (Å²) in [6.45, 7) is 10.3. The van der Waals surface area contributed by atoms with Gasteiger partial charge in [-0.15, -0.1) is 0 Å². The van der Waals surface area contributed by atoms with E-state index in [0.29, 0.717) is 24.4 Å². The van der Waals surface area contributed by atoms with Crippen molar-refractivity contribution in [1.29, 1.82) is 0 Å². The zero-order valence-corrected chi connectivity index (χ0v) is 12.6. The van der Waals surface area contributed by atoms with E-state index < -0.39 is 0 Å². The predicted octanol–water partition coefficient (Wildman–Crippen LogP) is 3.05. The van der Waals surface area contributed by atoms with Crippen molar-refractivity contribution in [2.45, 2.75) is 59.0 Å². The second kappa shape index (κ2) is 5.91. The van der Waals surface area contributed by atoms with Crippen molar-refractivity contribution < 1.29 is 0 Å². The van der Waals surface area contributed by atoms with Crippen LogP contribution in [0.3, 0.4) is 0 Å². The van der Waals surface area contributed by atoms with Gasteiger partial charge in [-0.2, -0.15) is 0 Å². The molecule has 1 heterocycles. The van der Waals surface area contributed by atoms with Crippen molar-refractivity contribution in [1.82, 2.24) is 9.88 Å². The number of hydrogen-bond acceptors (Lipinski definition) is 2. The summed E-state index contributed by atoms with van der Waals surface area (Å²) in [6, 6.07) is 4.59. The molecule has 0 aromatic carbocycles. The molecule has 0 amide bonds. The molecule has 106 valence electrons. The maximum atomic E-state index is 12.6. The van der Waals surface area contributed by atoms with Crippen LogP contribution in [0.1, 0.15) is 63.8 Å². The van der Waals surface area contributed by atoms with Crippen molar-refractivity contribution in [3.8, 4) is 0 Å². The summed E-state index contributed by atoms with van der Waals surface area (Å²) in [4.78, 5) is 12.6. The van der Waals surface area contributed by atoms with Gasteiger partial charge in [0, 0.05) is 23.8 Å². The minimum atomic E-state index is 0.213. The van der Waals surface area contributed by atoms with Gasteiger partial charge in [-0.25, -0.2) is 0 Å². The van der Waals surface area contributed by atoms with Gasteiger partial charge >= 0.3 is 0 Å². The lowest BCUT2D eigenvalue weighted by molar-refractivity contribution is 0.544. The first-order chi connectivity index (χ1) is 9.00. The lowest BCUT2D eigenvalue weighted by atomic mass is 10.1. The molecule has 0 bridgehead atoms. The fourth-order valence-corrected chi connectivity index (χ4v) is 2.42. The molecule has 0 unspecified atom stereocenters.